The quantitative estimate of drug-likeness (QED) is 0.479. The van der Waals surface area contributed by atoms with Gasteiger partial charge in [0.25, 0.3) is 0 Å². The van der Waals surface area contributed by atoms with Crippen molar-refractivity contribution in [2.75, 3.05) is 0 Å². The highest BCUT2D eigenvalue weighted by Crippen LogP contribution is 2.43. The van der Waals surface area contributed by atoms with E-state index in [2.05, 4.69) is 9.47 Å². The summed E-state index contributed by atoms with van der Waals surface area (Å²) >= 11 is 0. The summed E-state index contributed by atoms with van der Waals surface area (Å²) in [6.07, 6.45) is 0. The van der Waals surface area contributed by atoms with Crippen molar-refractivity contribution in [2.45, 2.75) is 0 Å². The normalized spacial score (nSPS) is 13.7. The Morgan fingerprint density at radius 2 is 0.679 bits per heavy atom. The van der Waals surface area contributed by atoms with Crippen molar-refractivity contribution >= 4 is 34.6 Å². The third-order valence-corrected chi connectivity index (χ3v) is 4.38. The van der Waals surface area contributed by atoms with E-state index in [1.54, 1.807) is 24.3 Å². The molecule has 0 fully saturated rings. The minimum atomic E-state index is -1.29. The van der Waals surface area contributed by atoms with Crippen LogP contribution in [0.5, 0.6) is 0 Å². The molecule has 128 valence electrons. The monoisotopic (exact) mass is 368 g/mol. The van der Waals surface area contributed by atoms with E-state index in [4.69, 9.17) is 0 Å². The van der Waals surface area contributed by atoms with Gasteiger partial charge in [-0.2, -0.15) is 21.0 Å². The second kappa shape index (κ2) is 5.22. The van der Waals surface area contributed by atoms with Crippen LogP contribution in [0.4, 0.5) is 0 Å². The lowest BCUT2D eigenvalue weighted by molar-refractivity contribution is 0.0365. The van der Waals surface area contributed by atoms with Gasteiger partial charge in [0, 0.05) is 10.8 Å². The molecule has 10 nitrogen and oxygen atoms in total. The van der Waals surface area contributed by atoms with Crippen molar-refractivity contribution in [1.29, 1.82) is 21.0 Å². The summed E-state index contributed by atoms with van der Waals surface area (Å²) in [6, 6.07) is 6.42. The van der Waals surface area contributed by atoms with Crippen LogP contribution in [-0.2, 0) is 9.47 Å². The molecule has 0 unspecified atom stereocenters. The number of nitrogens with zero attached hydrogens (tertiary/aromatic N) is 4. The summed E-state index contributed by atoms with van der Waals surface area (Å²) in [4.78, 5) is 49.3. The van der Waals surface area contributed by atoms with Gasteiger partial charge in [-0.25, -0.2) is 19.2 Å². The lowest BCUT2D eigenvalue weighted by atomic mass is 9.80. The minimum absolute atomic E-state index is 0.373. The second-order valence-electron chi connectivity index (χ2n) is 5.55. The van der Waals surface area contributed by atoms with Crippen molar-refractivity contribution in [3.05, 3.63) is 44.5 Å². The average Bonchev–Trinajstić information content (AvgIpc) is 2.67. The van der Waals surface area contributed by atoms with Crippen LogP contribution in [0, 0.1) is 45.3 Å². The van der Waals surface area contributed by atoms with Crippen molar-refractivity contribution in [2.24, 2.45) is 0 Å². The molecule has 2 aliphatic heterocycles. The Morgan fingerprint density at radius 1 is 0.464 bits per heavy atom. The highest BCUT2D eigenvalue weighted by Gasteiger charge is 2.43. The molecule has 0 spiro atoms. The standard InChI is InChI=1S/C18N4O6/c19-1-5-6(2-20)10-14-12(18(26)28-16(10)24)8(4-22)7(3-21)11-13(14)9(5)15(23)27-17(11)25. The number of carbonyl (C=O) groups excluding carboxylic acids is 4. The first-order chi connectivity index (χ1) is 13.4. The minimum Gasteiger partial charge on any atom is -0.386 e. The molecule has 0 amide bonds. The molecule has 0 saturated heterocycles. The Hall–Kier alpha value is -5.06. The number of carbonyl (C=O) groups is 4. The molecule has 2 aromatic carbocycles. The van der Waals surface area contributed by atoms with E-state index in [1.807, 2.05) is 0 Å². The maximum atomic E-state index is 12.3. The van der Waals surface area contributed by atoms with E-state index in [-0.39, 0.29) is 10.8 Å². The van der Waals surface area contributed by atoms with Gasteiger partial charge in [0.05, 0.1) is 44.5 Å². The summed E-state index contributed by atoms with van der Waals surface area (Å²) in [7, 11) is 0. The van der Waals surface area contributed by atoms with Crippen LogP contribution in [-0.4, -0.2) is 23.9 Å². The van der Waals surface area contributed by atoms with E-state index < -0.39 is 68.4 Å². The Balaban J connectivity index is 2.54. The van der Waals surface area contributed by atoms with Gasteiger partial charge >= 0.3 is 23.9 Å². The third-order valence-electron chi connectivity index (χ3n) is 4.38. The molecule has 2 aromatic rings. The number of ether oxygens (including phenoxy) is 2. The number of benzene rings is 2. The Labute approximate surface area is 153 Å². The fraction of sp³-hybridized carbons (Fsp3) is 0. The van der Waals surface area contributed by atoms with Gasteiger partial charge in [0.1, 0.15) is 24.3 Å². The number of esters is 4. The summed E-state index contributed by atoms with van der Waals surface area (Å²) in [5.41, 5.74) is -4.48. The van der Waals surface area contributed by atoms with Gasteiger partial charge < -0.3 is 9.47 Å². The number of cyclic esters (lactones) is 4. The summed E-state index contributed by atoms with van der Waals surface area (Å²) in [5, 5.41) is 37.1. The molecular formula is C18N4O6. The molecule has 0 saturated carbocycles. The highest BCUT2D eigenvalue weighted by molar-refractivity contribution is 6.32. The first-order valence-electron chi connectivity index (χ1n) is 7.28. The zero-order chi connectivity index (χ0) is 20.3. The maximum absolute atomic E-state index is 12.3. The molecule has 0 aliphatic carbocycles. The van der Waals surface area contributed by atoms with Crippen LogP contribution in [0.3, 0.4) is 0 Å². The SMILES string of the molecule is N#Cc1c(C#N)c2c3c(c(C#N)c(C#N)c4c3c1C(=O)OC4=O)C(=O)OC2=O. The highest BCUT2D eigenvalue weighted by atomic mass is 16.6. The van der Waals surface area contributed by atoms with E-state index in [0.29, 0.717) is 0 Å². The van der Waals surface area contributed by atoms with Crippen LogP contribution in [0.2, 0.25) is 0 Å². The predicted molar refractivity (Wildman–Crippen MR) is 82.3 cm³/mol. The van der Waals surface area contributed by atoms with Gasteiger partial charge in [0.15, 0.2) is 0 Å². The summed E-state index contributed by atoms with van der Waals surface area (Å²) in [6.45, 7) is 0. The van der Waals surface area contributed by atoms with Crippen molar-refractivity contribution in [3.8, 4) is 24.3 Å². The van der Waals surface area contributed by atoms with Gasteiger partial charge in [-0.05, 0) is 0 Å². The Morgan fingerprint density at radius 3 is 0.857 bits per heavy atom. The van der Waals surface area contributed by atoms with Gasteiger partial charge in [-0.15, -0.1) is 0 Å². The van der Waals surface area contributed by atoms with Crippen molar-refractivity contribution in [1.82, 2.24) is 0 Å². The van der Waals surface area contributed by atoms with Gasteiger partial charge in [-0.1, -0.05) is 0 Å². The largest absolute Gasteiger partial charge is 0.386 e. The van der Waals surface area contributed by atoms with E-state index in [0.717, 1.165) is 0 Å². The molecule has 28 heavy (non-hydrogen) atoms. The predicted octanol–water partition coefficient (Wildman–Crippen LogP) is 0.948. The lowest BCUT2D eigenvalue weighted by Crippen LogP contribution is -2.29. The van der Waals surface area contributed by atoms with Crippen LogP contribution in [0.1, 0.15) is 63.7 Å². The topological polar surface area (TPSA) is 182 Å². The first-order valence-corrected chi connectivity index (χ1v) is 7.28. The zero-order valence-electron chi connectivity index (χ0n) is 13.2. The average molecular weight is 368 g/mol. The molecule has 0 atom stereocenters. The van der Waals surface area contributed by atoms with E-state index >= 15 is 0 Å². The molecule has 0 radical (unpaired) electrons. The molecule has 2 aliphatic rings. The maximum Gasteiger partial charge on any atom is 0.348 e. The molecule has 4 rings (SSSR count). The van der Waals surface area contributed by atoms with Crippen LogP contribution >= 0.6 is 0 Å². The summed E-state index contributed by atoms with van der Waals surface area (Å²) in [5.74, 6) is -5.16. The van der Waals surface area contributed by atoms with Crippen molar-refractivity contribution in [3.63, 3.8) is 0 Å². The summed E-state index contributed by atoms with van der Waals surface area (Å²) < 4.78 is 9.14. The smallest absolute Gasteiger partial charge is 0.348 e. The third kappa shape index (κ3) is 1.65. The molecular weight excluding hydrogens is 368 g/mol. The molecule has 2 heterocycles. The van der Waals surface area contributed by atoms with Crippen molar-refractivity contribution < 1.29 is 28.7 Å². The van der Waals surface area contributed by atoms with Crippen LogP contribution in [0.15, 0.2) is 0 Å². The molecule has 0 aromatic heterocycles. The number of nitriles is 4. The Bertz CT molecular complexity index is 1210. The van der Waals surface area contributed by atoms with E-state index in [9.17, 15) is 40.2 Å². The van der Waals surface area contributed by atoms with E-state index in [1.165, 1.54) is 0 Å². The molecule has 0 N–H and O–H groups in total. The fourth-order valence-corrected chi connectivity index (χ4v) is 3.39. The van der Waals surface area contributed by atoms with Gasteiger partial charge in [0.2, 0.25) is 0 Å². The second-order valence-corrected chi connectivity index (χ2v) is 5.55. The zero-order valence-corrected chi connectivity index (χ0v) is 13.2. The molecule has 10 heteroatoms. The lowest BCUT2D eigenvalue weighted by Gasteiger charge is -2.25. The fourth-order valence-electron chi connectivity index (χ4n) is 3.39. The van der Waals surface area contributed by atoms with Gasteiger partial charge in [-0.3, -0.25) is 0 Å². The number of rotatable bonds is 0. The number of hydrogen-bond acceptors (Lipinski definition) is 10. The Kier molecular flexibility index (Phi) is 3.06. The molecule has 0 bridgehead atoms. The first kappa shape index (κ1) is 16.4. The number of hydrogen-bond donors (Lipinski definition) is 0. The van der Waals surface area contributed by atoms with Crippen LogP contribution < -0.4 is 0 Å². The van der Waals surface area contributed by atoms with Crippen LogP contribution in [0.25, 0.3) is 10.8 Å².